The van der Waals surface area contributed by atoms with Gasteiger partial charge >= 0.3 is 0 Å². The number of halogens is 2. The number of nitrogens with one attached hydrogen (secondary N) is 1. The summed E-state index contributed by atoms with van der Waals surface area (Å²) in [6.45, 7) is 3.69. The number of rotatable bonds is 4. The van der Waals surface area contributed by atoms with Crippen molar-refractivity contribution >= 4 is 29.9 Å². The van der Waals surface area contributed by atoms with Crippen LogP contribution in [0.4, 0.5) is 0 Å². The number of carbonyl (C=O) groups is 1. The molecule has 0 aromatic heterocycles. The maximum absolute atomic E-state index is 11.5. The summed E-state index contributed by atoms with van der Waals surface area (Å²) >= 11 is 5.81. The van der Waals surface area contributed by atoms with Crippen LogP contribution < -0.4 is 11.1 Å². The molecule has 0 spiro atoms. The predicted octanol–water partition coefficient (Wildman–Crippen LogP) is 2.68. The van der Waals surface area contributed by atoms with E-state index in [4.69, 9.17) is 17.3 Å². The molecular weight excluding hydrogens is 259 g/mol. The second-order valence-electron chi connectivity index (χ2n) is 3.81. The molecule has 1 amide bonds. The lowest BCUT2D eigenvalue weighted by molar-refractivity contribution is -0.122. The molecule has 0 aliphatic heterocycles. The summed E-state index contributed by atoms with van der Waals surface area (Å²) in [7, 11) is 0. The molecule has 0 aliphatic rings. The molecule has 0 bridgehead atoms. The minimum absolute atomic E-state index is 0. The molecule has 2 unspecified atom stereocenters. The van der Waals surface area contributed by atoms with E-state index in [-0.39, 0.29) is 24.4 Å². The highest BCUT2D eigenvalue weighted by Crippen LogP contribution is 2.19. The Morgan fingerprint density at radius 2 is 1.94 bits per heavy atom. The third-order valence-corrected chi connectivity index (χ3v) is 2.66. The lowest BCUT2D eigenvalue weighted by Gasteiger charge is -2.18. The number of nitrogens with two attached hydrogens (primary N) is 1. The van der Waals surface area contributed by atoms with Crippen molar-refractivity contribution in [1.82, 2.24) is 5.32 Å². The normalized spacial score (nSPS) is 13.4. The zero-order chi connectivity index (χ0) is 12.1. The number of hydrogen-bond acceptors (Lipinski definition) is 2. The molecule has 0 aliphatic carbocycles. The van der Waals surface area contributed by atoms with Crippen LogP contribution in [0.15, 0.2) is 24.3 Å². The van der Waals surface area contributed by atoms with Gasteiger partial charge in [0.2, 0.25) is 5.91 Å². The lowest BCUT2D eigenvalue weighted by atomic mass is 10.0. The molecule has 3 nitrogen and oxygen atoms in total. The van der Waals surface area contributed by atoms with E-state index in [0.29, 0.717) is 5.02 Å². The van der Waals surface area contributed by atoms with Crippen molar-refractivity contribution in [2.45, 2.75) is 32.4 Å². The second kappa shape index (κ2) is 7.54. The molecular formula is C12H18Cl2N2O. The molecule has 5 heteroatoms. The zero-order valence-corrected chi connectivity index (χ0v) is 11.5. The fraction of sp³-hybridized carbons (Fsp3) is 0.417. The van der Waals surface area contributed by atoms with Gasteiger partial charge in [-0.15, -0.1) is 12.4 Å². The summed E-state index contributed by atoms with van der Waals surface area (Å²) in [5.74, 6) is -0.137. The summed E-state index contributed by atoms with van der Waals surface area (Å²) in [6.07, 6.45) is 0.820. The molecule has 0 radical (unpaired) electrons. The highest BCUT2D eigenvalue weighted by molar-refractivity contribution is 6.30. The average Bonchev–Trinajstić information content (AvgIpc) is 2.26. The third-order valence-electron chi connectivity index (χ3n) is 2.41. The van der Waals surface area contributed by atoms with Crippen LogP contribution in [0, 0.1) is 0 Å². The van der Waals surface area contributed by atoms with Crippen LogP contribution in [0.25, 0.3) is 0 Å². The van der Waals surface area contributed by atoms with E-state index in [9.17, 15) is 4.79 Å². The monoisotopic (exact) mass is 276 g/mol. The third kappa shape index (κ3) is 4.94. The molecule has 1 rings (SSSR count). The predicted molar refractivity (Wildman–Crippen MR) is 73.5 cm³/mol. The van der Waals surface area contributed by atoms with E-state index in [1.54, 1.807) is 6.92 Å². The molecule has 96 valence electrons. The van der Waals surface area contributed by atoms with Gasteiger partial charge in [-0.3, -0.25) is 4.79 Å². The smallest absolute Gasteiger partial charge is 0.237 e. The topological polar surface area (TPSA) is 55.1 Å². The Balaban J connectivity index is 0.00000256. The Bertz CT molecular complexity index is 352. The standard InChI is InChI=1S/C12H17ClN2O.ClH/c1-3-11(15-12(16)8(2)14)9-4-6-10(13)7-5-9;/h4-8,11H,3,14H2,1-2H3,(H,15,16);1H. The summed E-state index contributed by atoms with van der Waals surface area (Å²) in [5, 5.41) is 3.59. The first kappa shape index (κ1) is 16.2. The number of benzene rings is 1. The molecule has 17 heavy (non-hydrogen) atoms. The van der Waals surface area contributed by atoms with E-state index in [0.717, 1.165) is 12.0 Å². The van der Waals surface area contributed by atoms with Gasteiger partial charge in [0.1, 0.15) is 0 Å². The molecule has 0 heterocycles. The number of hydrogen-bond donors (Lipinski definition) is 2. The van der Waals surface area contributed by atoms with Crippen molar-refractivity contribution < 1.29 is 4.79 Å². The van der Waals surface area contributed by atoms with E-state index in [1.165, 1.54) is 0 Å². The summed E-state index contributed by atoms with van der Waals surface area (Å²) < 4.78 is 0. The minimum Gasteiger partial charge on any atom is -0.348 e. The van der Waals surface area contributed by atoms with Crippen molar-refractivity contribution in [2.24, 2.45) is 5.73 Å². The number of carbonyl (C=O) groups excluding carboxylic acids is 1. The molecule has 0 fully saturated rings. The van der Waals surface area contributed by atoms with Gasteiger partial charge in [-0.05, 0) is 31.0 Å². The molecule has 3 N–H and O–H groups in total. The largest absolute Gasteiger partial charge is 0.348 e. The van der Waals surface area contributed by atoms with Gasteiger partial charge in [0.05, 0.1) is 12.1 Å². The maximum Gasteiger partial charge on any atom is 0.237 e. The first-order valence-corrected chi connectivity index (χ1v) is 5.73. The van der Waals surface area contributed by atoms with E-state index in [2.05, 4.69) is 5.32 Å². The second-order valence-corrected chi connectivity index (χ2v) is 4.25. The van der Waals surface area contributed by atoms with Crippen molar-refractivity contribution in [1.29, 1.82) is 0 Å². The highest BCUT2D eigenvalue weighted by atomic mass is 35.5. The average molecular weight is 277 g/mol. The quantitative estimate of drug-likeness (QED) is 0.889. The van der Waals surface area contributed by atoms with E-state index >= 15 is 0 Å². The summed E-state index contributed by atoms with van der Waals surface area (Å²) in [5.41, 5.74) is 6.55. The van der Waals surface area contributed by atoms with Gasteiger partial charge in [-0.25, -0.2) is 0 Å². The summed E-state index contributed by atoms with van der Waals surface area (Å²) in [6, 6.07) is 6.97. The van der Waals surface area contributed by atoms with Crippen LogP contribution in [0.5, 0.6) is 0 Å². The Labute approximate surface area is 113 Å². The number of amides is 1. The van der Waals surface area contributed by atoms with Gasteiger partial charge in [-0.1, -0.05) is 30.7 Å². The fourth-order valence-electron chi connectivity index (χ4n) is 1.42. The molecule has 1 aromatic carbocycles. The van der Waals surface area contributed by atoms with Crippen molar-refractivity contribution in [3.8, 4) is 0 Å². The first-order valence-electron chi connectivity index (χ1n) is 5.36. The van der Waals surface area contributed by atoms with Crippen molar-refractivity contribution in [3.05, 3.63) is 34.9 Å². The van der Waals surface area contributed by atoms with Gasteiger partial charge < -0.3 is 11.1 Å². The van der Waals surface area contributed by atoms with Gasteiger partial charge in [0, 0.05) is 5.02 Å². The maximum atomic E-state index is 11.5. The van der Waals surface area contributed by atoms with Crippen LogP contribution in [-0.2, 0) is 4.79 Å². The lowest BCUT2D eigenvalue weighted by Crippen LogP contribution is -2.40. The van der Waals surface area contributed by atoms with Crippen molar-refractivity contribution in [2.75, 3.05) is 0 Å². The van der Waals surface area contributed by atoms with Crippen LogP contribution in [-0.4, -0.2) is 11.9 Å². The molecule has 1 aromatic rings. The van der Waals surface area contributed by atoms with Gasteiger partial charge in [0.25, 0.3) is 0 Å². The molecule has 0 saturated heterocycles. The Morgan fingerprint density at radius 3 is 2.35 bits per heavy atom. The summed E-state index contributed by atoms with van der Waals surface area (Å²) in [4.78, 5) is 11.5. The molecule has 0 saturated carbocycles. The van der Waals surface area contributed by atoms with E-state index in [1.807, 2.05) is 31.2 Å². The Kier molecular flexibility index (Phi) is 7.19. The van der Waals surface area contributed by atoms with E-state index < -0.39 is 6.04 Å². The SMILES string of the molecule is CCC(NC(=O)C(C)N)c1ccc(Cl)cc1.Cl. The van der Waals surface area contributed by atoms with Crippen molar-refractivity contribution in [3.63, 3.8) is 0 Å². The van der Waals surface area contributed by atoms with Crippen LogP contribution >= 0.6 is 24.0 Å². The van der Waals surface area contributed by atoms with Crippen LogP contribution in [0.2, 0.25) is 5.02 Å². The molecule has 2 atom stereocenters. The highest BCUT2D eigenvalue weighted by Gasteiger charge is 2.14. The van der Waals surface area contributed by atoms with Crippen LogP contribution in [0.3, 0.4) is 0 Å². The van der Waals surface area contributed by atoms with Gasteiger partial charge in [-0.2, -0.15) is 0 Å². The zero-order valence-electron chi connectivity index (χ0n) is 9.94. The Hall–Kier alpha value is -0.770. The fourth-order valence-corrected chi connectivity index (χ4v) is 1.55. The minimum atomic E-state index is -0.485. The van der Waals surface area contributed by atoms with Crippen LogP contribution in [0.1, 0.15) is 31.9 Å². The van der Waals surface area contributed by atoms with Gasteiger partial charge in [0.15, 0.2) is 0 Å². The Morgan fingerprint density at radius 1 is 1.41 bits per heavy atom. The first-order chi connectivity index (χ1) is 7.54.